The molecule has 0 N–H and O–H groups in total. The van der Waals surface area contributed by atoms with Gasteiger partial charge < -0.3 is 4.90 Å². The van der Waals surface area contributed by atoms with Crippen molar-refractivity contribution >= 4 is 27.5 Å². The lowest BCUT2D eigenvalue weighted by Crippen LogP contribution is -2.46. The van der Waals surface area contributed by atoms with Gasteiger partial charge in [-0.25, -0.2) is 8.42 Å². The van der Waals surface area contributed by atoms with E-state index in [0.717, 1.165) is 25.7 Å². The number of carbonyl (C=O) groups is 1. The molecule has 22 heavy (non-hydrogen) atoms. The first-order valence-corrected chi connectivity index (χ1v) is 11.6. The van der Waals surface area contributed by atoms with Crippen molar-refractivity contribution < 1.29 is 13.2 Å². The highest BCUT2D eigenvalue weighted by Gasteiger charge is 2.35. The van der Waals surface area contributed by atoms with Crippen LogP contribution in [0.1, 0.15) is 57.8 Å². The number of hydrogen-bond donors (Lipinski definition) is 0. The molecule has 2 saturated carbocycles. The minimum atomic E-state index is -2.84. The van der Waals surface area contributed by atoms with E-state index in [-0.39, 0.29) is 16.9 Å². The van der Waals surface area contributed by atoms with Crippen molar-refractivity contribution in [2.75, 3.05) is 17.3 Å². The molecule has 126 valence electrons. The maximum atomic E-state index is 12.8. The molecule has 0 aromatic rings. The molecular formula is C16H27NO3S2. The normalized spacial score (nSPS) is 29.2. The lowest BCUT2D eigenvalue weighted by Gasteiger charge is -2.35. The Morgan fingerprint density at radius 3 is 1.95 bits per heavy atom. The second kappa shape index (κ2) is 7.12. The van der Waals surface area contributed by atoms with Gasteiger partial charge >= 0.3 is 0 Å². The zero-order valence-electron chi connectivity index (χ0n) is 13.2. The van der Waals surface area contributed by atoms with E-state index < -0.39 is 9.84 Å². The van der Waals surface area contributed by atoms with Crippen molar-refractivity contribution in [2.24, 2.45) is 0 Å². The topological polar surface area (TPSA) is 54.5 Å². The summed E-state index contributed by atoms with van der Waals surface area (Å²) in [4.78, 5) is 15.0. The third-order valence-corrected chi connectivity index (χ3v) is 8.62. The highest BCUT2D eigenvalue weighted by molar-refractivity contribution is 8.02. The number of sulfone groups is 1. The predicted molar refractivity (Wildman–Crippen MR) is 90.9 cm³/mol. The Bertz CT molecular complexity index is 478. The number of hydrogen-bond acceptors (Lipinski definition) is 4. The van der Waals surface area contributed by atoms with Crippen LogP contribution < -0.4 is 0 Å². The van der Waals surface area contributed by atoms with Crippen LogP contribution in [0.25, 0.3) is 0 Å². The van der Waals surface area contributed by atoms with Gasteiger partial charge in [-0.1, -0.05) is 25.7 Å². The monoisotopic (exact) mass is 345 g/mol. The van der Waals surface area contributed by atoms with Crippen LogP contribution in [0, 0.1) is 0 Å². The molecule has 6 heteroatoms. The molecular weight excluding hydrogens is 318 g/mol. The van der Waals surface area contributed by atoms with E-state index in [1.54, 1.807) is 11.8 Å². The number of carbonyl (C=O) groups excluding carboxylic acids is 1. The average Bonchev–Trinajstić information content (AvgIpc) is 3.19. The van der Waals surface area contributed by atoms with Gasteiger partial charge in [-0.3, -0.25) is 4.79 Å². The molecule has 2 aliphatic carbocycles. The summed E-state index contributed by atoms with van der Waals surface area (Å²) in [5.41, 5.74) is 0. The fourth-order valence-corrected chi connectivity index (χ4v) is 7.74. The Balaban J connectivity index is 1.57. The highest BCUT2D eigenvalue weighted by Crippen LogP contribution is 2.33. The minimum absolute atomic E-state index is 0.128. The molecule has 1 amide bonds. The van der Waals surface area contributed by atoms with Crippen LogP contribution in [-0.4, -0.2) is 53.8 Å². The van der Waals surface area contributed by atoms with E-state index in [2.05, 4.69) is 4.90 Å². The fraction of sp³-hybridized carbons (Fsp3) is 0.938. The average molecular weight is 346 g/mol. The third-order valence-electron chi connectivity index (χ3n) is 5.36. The number of nitrogens with zero attached hydrogens (tertiary/aromatic N) is 1. The quantitative estimate of drug-likeness (QED) is 0.768. The molecule has 1 saturated heterocycles. The van der Waals surface area contributed by atoms with E-state index in [9.17, 15) is 13.2 Å². The number of thioether (sulfide) groups is 1. The molecule has 1 atom stereocenters. The molecule has 3 fully saturated rings. The summed E-state index contributed by atoms with van der Waals surface area (Å²) >= 11 is 1.57. The third kappa shape index (κ3) is 3.99. The lowest BCUT2D eigenvalue weighted by molar-refractivity contribution is -0.133. The Labute approximate surface area is 138 Å². The summed E-state index contributed by atoms with van der Waals surface area (Å²) in [6.07, 6.45) is 10.3. The van der Waals surface area contributed by atoms with Crippen molar-refractivity contribution in [1.29, 1.82) is 0 Å². The van der Waals surface area contributed by atoms with Gasteiger partial charge in [0.05, 0.1) is 17.3 Å². The predicted octanol–water partition coefficient (Wildman–Crippen LogP) is 2.62. The van der Waals surface area contributed by atoms with Crippen molar-refractivity contribution in [3.05, 3.63) is 0 Å². The SMILES string of the molecule is O=C(CS[C@H]1CCS(=O)(=O)C1)N(C1CCCC1)C1CCCC1. The first-order chi connectivity index (χ1) is 10.6. The van der Waals surface area contributed by atoms with Crippen molar-refractivity contribution in [2.45, 2.75) is 75.1 Å². The van der Waals surface area contributed by atoms with Crippen molar-refractivity contribution in [1.82, 2.24) is 4.90 Å². The smallest absolute Gasteiger partial charge is 0.233 e. The first-order valence-electron chi connectivity index (χ1n) is 8.68. The number of amides is 1. The standard InChI is InChI=1S/C16H27NO3S2/c18-16(11-21-15-9-10-22(19,20)12-15)17(13-5-1-2-6-13)14-7-3-4-8-14/h13-15H,1-12H2/t15-/m0/s1. The summed E-state index contributed by atoms with van der Waals surface area (Å²) in [6, 6.07) is 0.895. The van der Waals surface area contributed by atoms with E-state index in [0.29, 0.717) is 30.0 Å². The van der Waals surface area contributed by atoms with Crippen LogP contribution in [-0.2, 0) is 14.6 Å². The molecule has 3 rings (SSSR count). The fourth-order valence-electron chi connectivity index (χ4n) is 4.23. The van der Waals surface area contributed by atoms with E-state index in [4.69, 9.17) is 0 Å². The molecule has 4 nitrogen and oxygen atoms in total. The minimum Gasteiger partial charge on any atom is -0.336 e. The second-order valence-electron chi connectivity index (χ2n) is 7.01. The van der Waals surface area contributed by atoms with Gasteiger partial charge in [0.1, 0.15) is 0 Å². The van der Waals surface area contributed by atoms with Crippen LogP contribution >= 0.6 is 11.8 Å². The van der Waals surface area contributed by atoms with Crippen molar-refractivity contribution in [3.63, 3.8) is 0 Å². The van der Waals surface area contributed by atoms with Crippen LogP contribution in [0.2, 0.25) is 0 Å². The van der Waals surface area contributed by atoms with Crippen LogP contribution in [0.5, 0.6) is 0 Å². The van der Waals surface area contributed by atoms with Crippen LogP contribution in [0.4, 0.5) is 0 Å². The Hall–Kier alpha value is -0.230. The molecule has 1 heterocycles. The zero-order valence-corrected chi connectivity index (χ0v) is 14.8. The molecule has 1 aliphatic heterocycles. The Kier molecular flexibility index (Phi) is 5.38. The summed E-state index contributed by atoms with van der Waals surface area (Å²) in [5.74, 6) is 1.28. The summed E-state index contributed by atoms with van der Waals surface area (Å²) in [6.45, 7) is 0. The Morgan fingerprint density at radius 2 is 1.50 bits per heavy atom. The molecule has 0 aromatic heterocycles. The van der Waals surface area contributed by atoms with Gasteiger partial charge in [0.15, 0.2) is 9.84 Å². The summed E-state index contributed by atoms with van der Waals surface area (Å²) in [7, 11) is -2.84. The highest BCUT2D eigenvalue weighted by atomic mass is 32.2. The molecule has 0 bridgehead atoms. The van der Waals surface area contributed by atoms with Gasteiger partial charge in [-0.15, -0.1) is 11.8 Å². The van der Waals surface area contributed by atoms with Gasteiger partial charge in [0, 0.05) is 17.3 Å². The van der Waals surface area contributed by atoms with E-state index in [1.807, 2.05) is 0 Å². The van der Waals surface area contributed by atoms with Gasteiger partial charge in [-0.05, 0) is 32.1 Å². The van der Waals surface area contributed by atoms with Crippen LogP contribution in [0.3, 0.4) is 0 Å². The van der Waals surface area contributed by atoms with Crippen LogP contribution in [0.15, 0.2) is 0 Å². The second-order valence-corrected chi connectivity index (χ2v) is 10.5. The summed E-state index contributed by atoms with van der Waals surface area (Å²) < 4.78 is 23.1. The van der Waals surface area contributed by atoms with Gasteiger partial charge in [-0.2, -0.15) is 0 Å². The number of rotatable bonds is 5. The Morgan fingerprint density at radius 1 is 0.955 bits per heavy atom. The molecule has 3 aliphatic rings. The maximum Gasteiger partial charge on any atom is 0.233 e. The van der Waals surface area contributed by atoms with E-state index in [1.165, 1.54) is 25.7 Å². The molecule has 0 radical (unpaired) electrons. The first kappa shape index (κ1) is 16.6. The van der Waals surface area contributed by atoms with E-state index >= 15 is 0 Å². The lowest BCUT2D eigenvalue weighted by atomic mass is 10.1. The maximum absolute atomic E-state index is 12.8. The zero-order chi connectivity index (χ0) is 15.6. The molecule has 0 aromatic carbocycles. The largest absolute Gasteiger partial charge is 0.336 e. The molecule has 0 unspecified atom stereocenters. The summed E-state index contributed by atoms with van der Waals surface area (Å²) in [5, 5.41) is 0.128. The molecule has 0 spiro atoms. The van der Waals surface area contributed by atoms with Crippen molar-refractivity contribution in [3.8, 4) is 0 Å². The van der Waals surface area contributed by atoms with Gasteiger partial charge in [0.25, 0.3) is 0 Å². The van der Waals surface area contributed by atoms with Gasteiger partial charge in [0.2, 0.25) is 5.91 Å².